The average molecular weight is 353 g/mol. The number of hydrogen-bond acceptors (Lipinski definition) is 5. The predicted octanol–water partition coefficient (Wildman–Crippen LogP) is 2.35. The summed E-state index contributed by atoms with van der Waals surface area (Å²) in [5.41, 5.74) is 3.39. The largest absolute Gasteiger partial charge is 0.497 e. The van der Waals surface area contributed by atoms with Crippen molar-refractivity contribution >= 4 is 23.7 Å². The van der Waals surface area contributed by atoms with Crippen molar-refractivity contribution in [1.29, 1.82) is 0 Å². The predicted molar refractivity (Wildman–Crippen MR) is 99.5 cm³/mol. The molecule has 0 aromatic heterocycles. The number of carbonyl (C=O) groups excluding carboxylic acids is 2. The average Bonchev–Trinajstić information content (AvgIpc) is 2.67. The van der Waals surface area contributed by atoms with Crippen LogP contribution in [0.4, 0.5) is 5.69 Å². The number of hydrogen-bond donors (Lipinski definition) is 2. The number of benzene rings is 2. The van der Waals surface area contributed by atoms with Gasteiger partial charge >= 0.3 is 11.8 Å². The standard InChI is InChI=1S/C19H19N3O4/c1-3-12-26-17-8-4-14(5-9-17)13-20-22-19(24)18(23)21-15-6-10-16(25-2)11-7-15/h3-11,13H,1,12H2,2H3,(H,21,23)(H,22,24)/b20-13-. The van der Waals surface area contributed by atoms with Crippen molar-refractivity contribution in [3.63, 3.8) is 0 Å². The Morgan fingerprint density at radius 1 is 1.04 bits per heavy atom. The zero-order valence-corrected chi connectivity index (χ0v) is 14.3. The van der Waals surface area contributed by atoms with Gasteiger partial charge in [-0.05, 0) is 54.1 Å². The van der Waals surface area contributed by atoms with Gasteiger partial charge in [-0.2, -0.15) is 5.10 Å². The molecule has 134 valence electrons. The molecule has 2 aromatic carbocycles. The van der Waals surface area contributed by atoms with Crippen LogP contribution in [0.1, 0.15) is 5.56 Å². The summed E-state index contributed by atoms with van der Waals surface area (Å²) < 4.78 is 10.4. The van der Waals surface area contributed by atoms with Crippen LogP contribution in [0, 0.1) is 0 Å². The smallest absolute Gasteiger partial charge is 0.329 e. The van der Waals surface area contributed by atoms with Crippen molar-refractivity contribution in [2.75, 3.05) is 19.0 Å². The Morgan fingerprint density at radius 3 is 2.31 bits per heavy atom. The molecule has 0 fully saturated rings. The molecule has 2 N–H and O–H groups in total. The van der Waals surface area contributed by atoms with Crippen molar-refractivity contribution in [2.45, 2.75) is 0 Å². The molecule has 0 radical (unpaired) electrons. The minimum Gasteiger partial charge on any atom is -0.497 e. The monoisotopic (exact) mass is 353 g/mol. The lowest BCUT2D eigenvalue weighted by Gasteiger charge is -2.05. The minimum atomic E-state index is -0.872. The van der Waals surface area contributed by atoms with Crippen molar-refractivity contribution in [3.05, 3.63) is 66.7 Å². The number of rotatable bonds is 7. The number of nitrogens with one attached hydrogen (secondary N) is 2. The van der Waals surface area contributed by atoms with Gasteiger partial charge in [-0.25, -0.2) is 5.43 Å². The molecule has 0 aliphatic heterocycles. The van der Waals surface area contributed by atoms with Gasteiger partial charge in [0.1, 0.15) is 18.1 Å². The summed E-state index contributed by atoms with van der Waals surface area (Å²) in [6.07, 6.45) is 3.08. The van der Waals surface area contributed by atoms with E-state index < -0.39 is 11.8 Å². The fourth-order valence-corrected chi connectivity index (χ4v) is 1.88. The SMILES string of the molecule is C=CCOc1ccc(/C=N\NC(=O)C(=O)Nc2ccc(OC)cc2)cc1. The molecule has 0 spiro atoms. The van der Waals surface area contributed by atoms with Crippen molar-refractivity contribution < 1.29 is 19.1 Å². The molecule has 0 heterocycles. The van der Waals surface area contributed by atoms with Gasteiger partial charge in [0.05, 0.1) is 13.3 Å². The van der Waals surface area contributed by atoms with E-state index >= 15 is 0 Å². The molecule has 0 unspecified atom stereocenters. The third-order valence-electron chi connectivity index (χ3n) is 3.18. The molecular weight excluding hydrogens is 334 g/mol. The Kier molecular flexibility index (Phi) is 6.93. The molecule has 2 aromatic rings. The second kappa shape index (κ2) is 9.63. The van der Waals surface area contributed by atoms with E-state index in [2.05, 4.69) is 22.4 Å². The van der Waals surface area contributed by atoms with E-state index in [1.807, 2.05) is 0 Å². The number of amides is 2. The van der Waals surface area contributed by atoms with Crippen LogP contribution in [-0.2, 0) is 9.59 Å². The first-order chi connectivity index (χ1) is 12.6. The number of nitrogens with zero attached hydrogens (tertiary/aromatic N) is 1. The number of methoxy groups -OCH3 is 1. The molecule has 0 bridgehead atoms. The Bertz CT molecular complexity index is 783. The first kappa shape index (κ1) is 18.7. The van der Waals surface area contributed by atoms with Crippen LogP contribution in [0.15, 0.2) is 66.3 Å². The summed E-state index contributed by atoms with van der Waals surface area (Å²) in [4.78, 5) is 23.5. The number of ether oxygens (including phenoxy) is 2. The van der Waals surface area contributed by atoms with Gasteiger partial charge in [-0.15, -0.1) is 0 Å². The van der Waals surface area contributed by atoms with E-state index in [-0.39, 0.29) is 0 Å². The Hall–Kier alpha value is -3.61. The second-order valence-electron chi connectivity index (χ2n) is 5.05. The molecule has 2 amide bonds. The summed E-state index contributed by atoms with van der Waals surface area (Å²) in [5, 5.41) is 6.22. The summed E-state index contributed by atoms with van der Waals surface area (Å²) in [5.74, 6) is -0.341. The van der Waals surface area contributed by atoms with Crippen LogP contribution < -0.4 is 20.2 Å². The molecule has 7 nitrogen and oxygen atoms in total. The Balaban J connectivity index is 1.83. The zero-order chi connectivity index (χ0) is 18.8. The van der Waals surface area contributed by atoms with Gasteiger partial charge < -0.3 is 14.8 Å². The molecule has 0 aliphatic rings. The summed E-state index contributed by atoms with van der Waals surface area (Å²) in [6.45, 7) is 4.00. The maximum Gasteiger partial charge on any atom is 0.329 e. The quantitative estimate of drug-likeness (QED) is 0.346. The number of hydrazone groups is 1. The molecule has 0 atom stereocenters. The fourth-order valence-electron chi connectivity index (χ4n) is 1.88. The Labute approximate surface area is 151 Å². The minimum absolute atomic E-state index is 0.423. The summed E-state index contributed by atoms with van der Waals surface area (Å²) in [7, 11) is 1.54. The molecule has 26 heavy (non-hydrogen) atoms. The van der Waals surface area contributed by atoms with Gasteiger partial charge in [-0.3, -0.25) is 9.59 Å². The maximum absolute atomic E-state index is 11.8. The highest BCUT2D eigenvalue weighted by Gasteiger charge is 2.12. The molecular formula is C19H19N3O4. The molecule has 0 aliphatic carbocycles. The second-order valence-corrected chi connectivity index (χ2v) is 5.05. The van der Waals surface area contributed by atoms with Crippen molar-refractivity contribution in [2.24, 2.45) is 5.10 Å². The number of carbonyl (C=O) groups is 2. The highest BCUT2D eigenvalue weighted by Crippen LogP contribution is 2.14. The Morgan fingerprint density at radius 2 is 1.69 bits per heavy atom. The van der Waals surface area contributed by atoms with E-state index in [0.717, 1.165) is 5.56 Å². The number of anilines is 1. The first-order valence-corrected chi connectivity index (χ1v) is 7.74. The van der Waals surface area contributed by atoms with Crippen LogP contribution in [0.25, 0.3) is 0 Å². The van der Waals surface area contributed by atoms with Crippen LogP contribution in [0.2, 0.25) is 0 Å². The van der Waals surface area contributed by atoms with Gasteiger partial charge in [-0.1, -0.05) is 12.7 Å². The van der Waals surface area contributed by atoms with E-state index in [1.54, 1.807) is 61.7 Å². The van der Waals surface area contributed by atoms with Crippen molar-refractivity contribution in [1.82, 2.24) is 5.43 Å². The summed E-state index contributed by atoms with van der Waals surface area (Å²) in [6, 6.07) is 13.7. The molecule has 7 heteroatoms. The van der Waals surface area contributed by atoms with Crippen LogP contribution >= 0.6 is 0 Å². The van der Waals surface area contributed by atoms with E-state index in [1.165, 1.54) is 6.21 Å². The molecule has 0 saturated heterocycles. The molecule has 0 saturated carbocycles. The van der Waals surface area contributed by atoms with Gasteiger partial charge in [0.2, 0.25) is 0 Å². The van der Waals surface area contributed by atoms with Gasteiger partial charge in [0.15, 0.2) is 0 Å². The van der Waals surface area contributed by atoms with Crippen LogP contribution in [-0.4, -0.2) is 31.7 Å². The summed E-state index contributed by atoms with van der Waals surface area (Å²) >= 11 is 0. The van der Waals surface area contributed by atoms with Gasteiger partial charge in [0, 0.05) is 5.69 Å². The third-order valence-corrected chi connectivity index (χ3v) is 3.18. The third kappa shape index (κ3) is 5.79. The van der Waals surface area contributed by atoms with Crippen LogP contribution in [0.3, 0.4) is 0 Å². The first-order valence-electron chi connectivity index (χ1n) is 7.74. The lowest BCUT2D eigenvalue weighted by atomic mass is 10.2. The highest BCUT2D eigenvalue weighted by atomic mass is 16.5. The zero-order valence-electron chi connectivity index (χ0n) is 14.3. The maximum atomic E-state index is 11.8. The normalized spacial score (nSPS) is 10.2. The van der Waals surface area contributed by atoms with E-state index in [0.29, 0.717) is 23.8 Å². The van der Waals surface area contributed by atoms with E-state index in [4.69, 9.17) is 9.47 Å². The molecule has 2 rings (SSSR count). The highest BCUT2D eigenvalue weighted by molar-refractivity contribution is 6.39. The topological polar surface area (TPSA) is 89.0 Å². The lowest BCUT2D eigenvalue weighted by molar-refractivity contribution is -0.136. The van der Waals surface area contributed by atoms with Crippen LogP contribution in [0.5, 0.6) is 11.5 Å². The van der Waals surface area contributed by atoms with Crippen molar-refractivity contribution in [3.8, 4) is 11.5 Å². The van der Waals surface area contributed by atoms with E-state index in [9.17, 15) is 9.59 Å². The lowest BCUT2D eigenvalue weighted by Crippen LogP contribution is -2.32. The fraction of sp³-hybridized carbons (Fsp3) is 0.105. The van der Waals surface area contributed by atoms with Gasteiger partial charge in [0.25, 0.3) is 0 Å².